The van der Waals surface area contributed by atoms with Crippen molar-refractivity contribution >= 4 is 17.5 Å². The average Bonchev–Trinajstić information content (AvgIpc) is 1.98. The molecule has 13 heavy (non-hydrogen) atoms. The summed E-state index contributed by atoms with van der Waals surface area (Å²) in [7, 11) is 0. The van der Waals surface area contributed by atoms with E-state index >= 15 is 0 Å². The molecule has 0 aliphatic heterocycles. The van der Waals surface area contributed by atoms with E-state index in [1.54, 1.807) is 0 Å². The van der Waals surface area contributed by atoms with Gasteiger partial charge < -0.3 is 10.1 Å². The van der Waals surface area contributed by atoms with Gasteiger partial charge in [-0.1, -0.05) is 0 Å². The molecule has 0 bridgehead atoms. The summed E-state index contributed by atoms with van der Waals surface area (Å²) in [6.45, 7) is 6.40. The summed E-state index contributed by atoms with van der Waals surface area (Å²) >= 11 is 5.78. The second kappa shape index (κ2) is 7.15. The zero-order valence-corrected chi connectivity index (χ0v) is 9.23. The molecule has 0 fully saturated rings. The third-order valence-corrected chi connectivity index (χ3v) is 1.70. The lowest BCUT2D eigenvalue weighted by atomic mass is 10.2. The van der Waals surface area contributed by atoms with E-state index in [1.807, 2.05) is 20.8 Å². The molecule has 0 radical (unpaired) electrons. The molecule has 0 saturated carbocycles. The van der Waals surface area contributed by atoms with Crippen LogP contribution >= 0.6 is 11.6 Å². The number of carbonyl (C=O) groups is 1. The van der Waals surface area contributed by atoms with Crippen molar-refractivity contribution in [3.05, 3.63) is 0 Å². The minimum absolute atomic E-state index is 0.0772. The Morgan fingerprint density at radius 2 is 2.15 bits per heavy atom. The van der Waals surface area contributed by atoms with Gasteiger partial charge in [0, 0.05) is 18.0 Å². The minimum atomic E-state index is -0.0772. The zero-order chi connectivity index (χ0) is 10.3. The number of halogens is 1. The first kappa shape index (κ1) is 12.7. The summed E-state index contributed by atoms with van der Waals surface area (Å²) in [5, 5.41) is 2.88. The molecule has 0 aromatic heterocycles. The van der Waals surface area contributed by atoms with Crippen LogP contribution in [0.5, 0.6) is 0 Å². The summed E-state index contributed by atoms with van der Waals surface area (Å²) in [5.74, 6) is -0.0772. The van der Waals surface area contributed by atoms with Crippen LogP contribution in [0, 0.1) is 0 Å². The molecular weight excluding hydrogens is 190 g/mol. The van der Waals surface area contributed by atoms with E-state index in [1.165, 1.54) is 0 Å². The van der Waals surface area contributed by atoms with Gasteiger partial charge in [-0.2, -0.15) is 0 Å². The average molecular weight is 208 g/mol. The molecule has 2 atom stereocenters. The Balaban J connectivity index is 3.53. The molecule has 0 heterocycles. The first-order valence-corrected chi connectivity index (χ1v) is 5.01. The van der Waals surface area contributed by atoms with Crippen LogP contribution in [0.2, 0.25) is 0 Å². The van der Waals surface area contributed by atoms with Gasteiger partial charge in [0.1, 0.15) is 6.61 Å². The van der Waals surface area contributed by atoms with Crippen molar-refractivity contribution in [2.75, 3.05) is 13.2 Å². The van der Waals surface area contributed by atoms with Crippen molar-refractivity contribution in [2.24, 2.45) is 0 Å². The molecule has 0 aliphatic carbocycles. The second-order valence-electron chi connectivity index (χ2n) is 3.12. The van der Waals surface area contributed by atoms with Crippen molar-refractivity contribution < 1.29 is 9.53 Å². The quantitative estimate of drug-likeness (QED) is 0.672. The van der Waals surface area contributed by atoms with Crippen LogP contribution in [-0.2, 0) is 9.53 Å². The van der Waals surface area contributed by atoms with E-state index < -0.39 is 0 Å². The molecule has 78 valence electrons. The zero-order valence-electron chi connectivity index (χ0n) is 8.47. The smallest absolute Gasteiger partial charge is 0.246 e. The van der Waals surface area contributed by atoms with Crippen LogP contribution in [0.1, 0.15) is 27.2 Å². The molecule has 3 nitrogen and oxygen atoms in total. The van der Waals surface area contributed by atoms with E-state index in [2.05, 4.69) is 5.32 Å². The fourth-order valence-corrected chi connectivity index (χ4v) is 1.32. The first-order chi connectivity index (χ1) is 6.06. The van der Waals surface area contributed by atoms with Gasteiger partial charge in [0.15, 0.2) is 0 Å². The van der Waals surface area contributed by atoms with E-state index in [0.717, 1.165) is 6.42 Å². The predicted octanol–water partition coefficient (Wildman–Crippen LogP) is 1.54. The van der Waals surface area contributed by atoms with E-state index in [-0.39, 0.29) is 23.9 Å². The normalized spacial score (nSPS) is 15.1. The number of carbonyl (C=O) groups excluding carboxylic acids is 1. The molecule has 0 aromatic carbocycles. The van der Waals surface area contributed by atoms with Crippen LogP contribution in [-0.4, -0.2) is 30.5 Å². The van der Waals surface area contributed by atoms with Crippen molar-refractivity contribution in [3.63, 3.8) is 0 Å². The number of nitrogens with one attached hydrogen (secondary N) is 1. The molecule has 0 rings (SSSR count). The van der Waals surface area contributed by atoms with Gasteiger partial charge in [-0.3, -0.25) is 4.79 Å². The summed E-state index contributed by atoms with van der Waals surface area (Å²) in [6, 6.07) is 0.112. The molecule has 1 N–H and O–H groups in total. The van der Waals surface area contributed by atoms with E-state index in [0.29, 0.717) is 6.61 Å². The van der Waals surface area contributed by atoms with Gasteiger partial charge in [0.25, 0.3) is 0 Å². The molecule has 4 heteroatoms. The van der Waals surface area contributed by atoms with Gasteiger partial charge in [-0.15, -0.1) is 11.6 Å². The molecule has 1 amide bonds. The van der Waals surface area contributed by atoms with Crippen LogP contribution in [0.3, 0.4) is 0 Å². The maximum atomic E-state index is 11.1. The summed E-state index contributed by atoms with van der Waals surface area (Å²) in [5.41, 5.74) is 0. The van der Waals surface area contributed by atoms with E-state index in [9.17, 15) is 4.79 Å². The van der Waals surface area contributed by atoms with Crippen LogP contribution in [0.15, 0.2) is 0 Å². The van der Waals surface area contributed by atoms with Gasteiger partial charge in [0.2, 0.25) is 5.91 Å². The topological polar surface area (TPSA) is 38.3 Å². The van der Waals surface area contributed by atoms with Gasteiger partial charge in [-0.25, -0.2) is 0 Å². The molecule has 0 aromatic rings. The predicted molar refractivity (Wildman–Crippen MR) is 54.0 cm³/mol. The summed E-state index contributed by atoms with van der Waals surface area (Å²) in [6.07, 6.45) is 0.777. The highest BCUT2D eigenvalue weighted by Crippen LogP contribution is 2.03. The Morgan fingerprint density at radius 1 is 1.54 bits per heavy atom. The van der Waals surface area contributed by atoms with Crippen molar-refractivity contribution in [1.29, 1.82) is 0 Å². The molecular formula is C9H18ClNO2. The molecule has 0 spiro atoms. The van der Waals surface area contributed by atoms with Gasteiger partial charge in [-0.05, 0) is 27.2 Å². The number of amides is 1. The monoisotopic (exact) mass is 207 g/mol. The lowest BCUT2D eigenvalue weighted by molar-refractivity contribution is -0.126. The Kier molecular flexibility index (Phi) is 7.00. The second-order valence-corrected chi connectivity index (χ2v) is 3.87. The Hall–Kier alpha value is -0.280. The van der Waals surface area contributed by atoms with Crippen LogP contribution in [0.4, 0.5) is 0 Å². The van der Waals surface area contributed by atoms with Gasteiger partial charge in [0.05, 0.1) is 0 Å². The molecule has 0 aliphatic rings. The SMILES string of the molecule is CCOCC(=O)NC(C)CC(C)Cl. The fraction of sp³-hybridized carbons (Fsp3) is 0.889. The maximum absolute atomic E-state index is 11.1. The number of rotatable bonds is 6. The van der Waals surface area contributed by atoms with Crippen molar-refractivity contribution in [1.82, 2.24) is 5.32 Å². The van der Waals surface area contributed by atoms with E-state index in [4.69, 9.17) is 16.3 Å². The molecule has 0 saturated heterocycles. The third kappa shape index (κ3) is 8.06. The Morgan fingerprint density at radius 3 is 2.62 bits per heavy atom. The first-order valence-electron chi connectivity index (χ1n) is 4.57. The highest BCUT2D eigenvalue weighted by atomic mass is 35.5. The Labute approximate surface area is 84.8 Å². The standard InChI is InChI=1S/C9H18ClNO2/c1-4-13-6-9(12)11-8(3)5-7(2)10/h7-8H,4-6H2,1-3H3,(H,11,12). The number of hydrogen-bond donors (Lipinski definition) is 1. The number of hydrogen-bond acceptors (Lipinski definition) is 2. The fourth-order valence-electron chi connectivity index (χ4n) is 1.06. The van der Waals surface area contributed by atoms with Crippen molar-refractivity contribution in [2.45, 2.75) is 38.6 Å². The molecule has 2 unspecified atom stereocenters. The minimum Gasteiger partial charge on any atom is -0.372 e. The maximum Gasteiger partial charge on any atom is 0.246 e. The number of alkyl halides is 1. The lowest BCUT2D eigenvalue weighted by Gasteiger charge is -2.14. The highest BCUT2D eigenvalue weighted by molar-refractivity contribution is 6.20. The largest absolute Gasteiger partial charge is 0.372 e. The number of ether oxygens (including phenoxy) is 1. The summed E-state index contributed by atoms with van der Waals surface area (Å²) < 4.78 is 4.96. The highest BCUT2D eigenvalue weighted by Gasteiger charge is 2.09. The van der Waals surface area contributed by atoms with Crippen LogP contribution in [0.25, 0.3) is 0 Å². The van der Waals surface area contributed by atoms with Gasteiger partial charge >= 0.3 is 0 Å². The third-order valence-electron chi connectivity index (χ3n) is 1.52. The Bertz CT molecular complexity index is 151. The lowest BCUT2D eigenvalue weighted by Crippen LogP contribution is -2.36. The summed E-state index contributed by atoms with van der Waals surface area (Å²) in [4.78, 5) is 11.1. The van der Waals surface area contributed by atoms with Crippen molar-refractivity contribution in [3.8, 4) is 0 Å². The van der Waals surface area contributed by atoms with Crippen LogP contribution < -0.4 is 5.32 Å².